The van der Waals surface area contributed by atoms with Gasteiger partial charge in [0.25, 0.3) is 0 Å². The molecule has 1 fully saturated rings. The highest BCUT2D eigenvalue weighted by Gasteiger charge is 2.30. The molecule has 2 heteroatoms. The molecule has 0 heterocycles. The van der Waals surface area contributed by atoms with E-state index in [4.69, 9.17) is 0 Å². The lowest BCUT2D eigenvalue weighted by Gasteiger charge is -2.15. The van der Waals surface area contributed by atoms with Crippen molar-refractivity contribution in [2.45, 2.75) is 19.3 Å². The fraction of sp³-hybridized carbons (Fsp3) is 0.700. The summed E-state index contributed by atoms with van der Waals surface area (Å²) in [5.41, 5.74) is 0. The fourth-order valence-electron chi connectivity index (χ4n) is 2.07. The van der Waals surface area contributed by atoms with Crippen LogP contribution in [0.3, 0.4) is 0 Å². The van der Waals surface area contributed by atoms with E-state index in [0.29, 0.717) is 5.92 Å². The van der Waals surface area contributed by atoms with Crippen molar-refractivity contribution in [2.24, 2.45) is 11.8 Å². The molecule has 0 bridgehead atoms. The molecule has 1 saturated carbocycles. The van der Waals surface area contributed by atoms with E-state index in [2.05, 4.69) is 11.9 Å². The van der Waals surface area contributed by atoms with E-state index in [1.165, 1.54) is 18.9 Å². The van der Waals surface area contributed by atoms with Gasteiger partial charge in [-0.15, -0.1) is 0 Å². The van der Waals surface area contributed by atoms with Crippen molar-refractivity contribution in [1.29, 1.82) is 0 Å². The third kappa shape index (κ3) is 1.95. The van der Waals surface area contributed by atoms with Gasteiger partial charge in [-0.3, -0.25) is 4.79 Å². The zero-order chi connectivity index (χ0) is 8.97. The summed E-state index contributed by atoms with van der Waals surface area (Å²) in [4.78, 5) is 11.4. The van der Waals surface area contributed by atoms with Crippen LogP contribution in [0.1, 0.15) is 19.3 Å². The zero-order valence-electron chi connectivity index (χ0n) is 7.68. The van der Waals surface area contributed by atoms with Gasteiger partial charge in [0, 0.05) is 5.92 Å². The Hall–Kier alpha value is -0.630. The normalized spacial score (nSPS) is 28.8. The first-order valence-electron chi connectivity index (χ1n) is 4.60. The molecule has 0 aromatic heterocycles. The van der Waals surface area contributed by atoms with Crippen LogP contribution < -0.4 is 5.32 Å². The molecule has 68 valence electrons. The van der Waals surface area contributed by atoms with E-state index in [1.54, 1.807) is 0 Å². The number of rotatable bonds is 4. The van der Waals surface area contributed by atoms with E-state index in [-0.39, 0.29) is 11.7 Å². The Morgan fingerprint density at radius 2 is 2.42 bits per heavy atom. The van der Waals surface area contributed by atoms with Crippen LogP contribution in [0.4, 0.5) is 0 Å². The van der Waals surface area contributed by atoms with Crippen LogP contribution in [-0.2, 0) is 4.79 Å². The summed E-state index contributed by atoms with van der Waals surface area (Å²) in [5.74, 6) is 1.02. The van der Waals surface area contributed by atoms with Crippen molar-refractivity contribution in [3.63, 3.8) is 0 Å². The van der Waals surface area contributed by atoms with Crippen LogP contribution >= 0.6 is 0 Å². The maximum atomic E-state index is 11.4. The minimum atomic E-state index is 0.229. The topological polar surface area (TPSA) is 29.1 Å². The summed E-state index contributed by atoms with van der Waals surface area (Å²) in [5, 5.41) is 3.13. The molecule has 2 nitrogen and oxygen atoms in total. The molecule has 1 rings (SSSR count). The summed E-state index contributed by atoms with van der Waals surface area (Å²) in [7, 11) is 1.94. The highest BCUT2D eigenvalue weighted by Crippen LogP contribution is 2.31. The molecule has 0 aromatic carbocycles. The van der Waals surface area contributed by atoms with Gasteiger partial charge in [0.2, 0.25) is 0 Å². The highest BCUT2D eigenvalue weighted by molar-refractivity contribution is 5.91. The second kappa shape index (κ2) is 4.41. The first-order valence-corrected chi connectivity index (χ1v) is 4.60. The molecular weight excluding hydrogens is 150 g/mol. The van der Waals surface area contributed by atoms with E-state index in [1.807, 2.05) is 7.05 Å². The average molecular weight is 167 g/mol. The van der Waals surface area contributed by atoms with Crippen LogP contribution in [-0.4, -0.2) is 19.4 Å². The minimum Gasteiger partial charge on any atom is -0.319 e. The summed E-state index contributed by atoms with van der Waals surface area (Å²) >= 11 is 0. The first kappa shape index (κ1) is 9.46. The molecular formula is C10H17NO. The number of allylic oxidation sites excluding steroid dienone is 1. The molecule has 0 spiro atoms. The predicted molar refractivity (Wildman–Crippen MR) is 50.0 cm³/mol. The third-order valence-corrected chi connectivity index (χ3v) is 2.69. The van der Waals surface area contributed by atoms with Crippen molar-refractivity contribution in [3.05, 3.63) is 12.7 Å². The molecule has 1 N–H and O–H groups in total. The second-order valence-corrected chi connectivity index (χ2v) is 3.46. The zero-order valence-corrected chi connectivity index (χ0v) is 7.68. The highest BCUT2D eigenvalue weighted by atomic mass is 16.1. The Morgan fingerprint density at radius 3 is 3.00 bits per heavy atom. The van der Waals surface area contributed by atoms with E-state index in [9.17, 15) is 4.79 Å². The Kier molecular flexibility index (Phi) is 3.48. The Bertz CT molecular complexity index is 177. The lowest BCUT2D eigenvalue weighted by Crippen LogP contribution is -2.26. The van der Waals surface area contributed by atoms with Crippen molar-refractivity contribution in [3.8, 4) is 0 Å². The van der Waals surface area contributed by atoms with Gasteiger partial charge in [-0.05, 0) is 38.4 Å². The summed E-state index contributed by atoms with van der Waals surface area (Å²) in [6.45, 7) is 4.49. The SMILES string of the molecule is C=CC(=O)C1CCCC1CNC. The number of hydrogen-bond acceptors (Lipinski definition) is 2. The van der Waals surface area contributed by atoms with Crippen LogP contribution in [0.2, 0.25) is 0 Å². The van der Waals surface area contributed by atoms with Crippen molar-refractivity contribution < 1.29 is 4.79 Å². The van der Waals surface area contributed by atoms with Gasteiger partial charge in [-0.1, -0.05) is 13.0 Å². The largest absolute Gasteiger partial charge is 0.319 e. The van der Waals surface area contributed by atoms with Crippen LogP contribution in [0, 0.1) is 11.8 Å². The van der Waals surface area contributed by atoms with Crippen LogP contribution in [0.15, 0.2) is 12.7 Å². The maximum Gasteiger partial charge on any atom is 0.158 e. The van der Waals surface area contributed by atoms with E-state index in [0.717, 1.165) is 13.0 Å². The average Bonchev–Trinajstić information content (AvgIpc) is 2.52. The van der Waals surface area contributed by atoms with Crippen molar-refractivity contribution >= 4 is 5.78 Å². The molecule has 1 aliphatic rings. The molecule has 0 aliphatic heterocycles. The standard InChI is InChI=1S/C10H17NO/c1-3-10(12)9-6-4-5-8(9)7-11-2/h3,8-9,11H,1,4-7H2,2H3. The van der Waals surface area contributed by atoms with Gasteiger partial charge in [-0.25, -0.2) is 0 Å². The smallest absolute Gasteiger partial charge is 0.158 e. The summed E-state index contributed by atoms with van der Waals surface area (Å²) in [6.07, 6.45) is 4.90. The Labute approximate surface area is 74.0 Å². The lowest BCUT2D eigenvalue weighted by atomic mass is 9.92. The van der Waals surface area contributed by atoms with E-state index >= 15 is 0 Å². The fourth-order valence-corrected chi connectivity index (χ4v) is 2.07. The second-order valence-electron chi connectivity index (χ2n) is 3.46. The Balaban J connectivity index is 2.51. The number of ketones is 1. The van der Waals surface area contributed by atoms with Crippen LogP contribution in [0.25, 0.3) is 0 Å². The summed E-state index contributed by atoms with van der Waals surface area (Å²) in [6, 6.07) is 0. The molecule has 12 heavy (non-hydrogen) atoms. The lowest BCUT2D eigenvalue weighted by molar-refractivity contribution is -0.119. The van der Waals surface area contributed by atoms with E-state index < -0.39 is 0 Å². The Morgan fingerprint density at radius 1 is 1.67 bits per heavy atom. The van der Waals surface area contributed by atoms with Gasteiger partial charge in [0.1, 0.15) is 0 Å². The van der Waals surface area contributed by atoms with Gasteiger partial charge >= 0.3 is 0 Å². The monoisotopic (exact) mass is 167 g/mol. The number of hydrogen-bond donors (Lipinski definition) is 1. The van der Waals surface area contributed by atoms with Crippen molar-refractivity contribution in [1.82, 2.24) is 5.32 Å². The van der Waals surface area contributed by atoms with Gasteiger partial charge in [0.15, 0.2) is 5.78 Å². The van der Waals surface area contributed by atoms with Gasteiger partial charge in [-0.2, -0.15) is 0 Å². The van der Waals surface area contributed by atoms with Crippen LogP contribution in [0.5, 0.6) is 0 Å². The number of nitrogens with one attached hydrogen (secondary N) is 1. The van der Waals surface area contributed by atoms with Gasteiger partial charge in [0.05, 0.1) is 0 Å². The minimum absolute atomic E-state index is 0.229. The number of carbonyl (C=O) groups excluding carboxylic acids is 1. The molecule has 2 unspecified atom stereocenters. The predicted octanol–water partition coefficient (Wildman–Crippen LogP) is 1.38. The summed E-state index contributed by atoms with van der Waals surface area (Å²) < 4.78 is 0. The maximum absolute atomic E-state index is 11.4. The molecule has 0 radical (unpaired) electrons. The molecule has 0 aromatic rings. The van der Waals surface area contributed by atoms with Crippen molar-refractivity contribution in [2.75, 3.05) is 13.6 Å². The molecule has 0 saturated heterocycles. The quantitative estimate of drug-likeness (QED) is 0.641. The third-order valence-electron chi connectivity index (χ3n) is 2.69. The molecule has 1 aliphatic carbocycles. The number of carbonyl (C=O) groups is 1. The molecule has 2 atom stereocenters. The van der Waals surface area contributed by atoms with Gasteiger partial charge < -0.3 is 5.32 Å². The molecule has 0 amide bonds. The first-order chi connectivity index (χ1) is 5.79.